The van der Waals surface area contributed by atoms with Crippen LogP contribution in [0.4, 0.5) is 0 Å². The van der Waals surface area contributed by atoms with Crippen LogP contribution in [0.3, 0.4) is 0 Å². The van der Waals surface area contributed by atoms with Gasteiger partial charge in [-0.15, -0.1) is 0 Å². The Hall–Kier alpha value is -2.71. The van der Waals surface area contributed by atoms with Gasteiger partial charge in [-0.05, 0) is 90.1 Å². The first-order valence-electron chi connectivity index (χ1n) is 14.0. The van der Waals surface area contributed by atoms with Crippen molar-refractivity contribution in [2.75, 3.05) is 0 Å². The largest absolute Gasteiger partial charge is 0.392 e. The van der Waals surface area contributed by atoms with E-state index in [1.807, 2.05) is 74.5 Å². The third-order valence-electron chi connectivity index (χ3n) is 8.32. The second-order valence-electron chi connectivity index (χ2n) is 11.2. The van der Waals surface area contributed by atoms with Crippen molar-refractivity contribution in [3.63, 3.8) is 0 Å². The van der Waals surface area contributed by atoms with E-state index in [1.165, 1.54) is 6.42 Å². The fourth-order valence-electron chi connectivity index (χ4n) is 6.54. The summed E-state index contributed by atoms with van der Waals surface area (Å²) < 4.78 is 1.10. The Balaban J connectivity index is 1.83. The summed E-state index contributed by atoms with van der Waals surface area (Å²) in [5.41, 5.74) is 3.17. The van der Waals surface area contributed by atoms with Crippen LogP contribution in [-0.4, -0.2) is 33.9 Å². The zero-order valence-electron chi connectivity index (χ0n) is 22.7. The van der Waals surface area contributed by atoms with Crippen molar-refractivity contribution in [2.45, 2.75) is 82.5 Å². The van der Waals surface area contributed by atoms with E-state index in [1.54, 1.807) is 0 Å². The number of halogens is 1. The fourth-order valence-corrected chi connectivity index (χ4v) is 7.12. The Morgan fingerprint density at radius 2 is 1.67 bits per heavy atom. The number of fused-ring (bicyclic) bond motifs is 1. The van der Waals surface area contributed by atoms with E-state index in [2.05, 4.69) is 44.9 Å². The highest BCUT2D eigenvalue weighted by Crippen LogP contribution is 2.52. The molecule has 5 rings (SSSR count). The van der Waals surface area contributed by atoms with Gasteiger partial charge >= 0.3 is 0 Å². The molecule has 0 spiro atoms. The lowest BCUT2D eigenvalue weighted by molar-refractivity contribution is -0.131. The molecule has 2 aliphatic rings. The van der Waals surface area contributed by atoms with Crippen LogP contribution in [0.15, 0.2) is 72.8 Å². The summed E-state index contributed by atoms with van der Waals surface area (Å²) in [5, 5.41) is 13.0. The third kappa shape index (κ3) is 5.25. The second kappa shape index (κ2) is 11.8. The number of benzene rings is 3. The second-order valence-corrected chi connectivity index (χ2v) is 12.4. The normalized spacial score (nSPS) is 21.6. The molecule has 3 aromatic carbocycles. The molecule has 5 nitrogen and oxygen atoms in total. The van der Waals surface area contributed by atoms with E-state index in [9.17, 15) is 14.7 Å². The molecule has 6 heteroatoms. The van der Waals surface area contributed by atoms with Gasteiger partial charge in [-0.2, -0.15) is 0 Å². The predicted molar refractivity (Wildman–Crippen MR) is 162 cm³/mol. The average Bonchev–Trinajstić information content (AvgIpc) is 2.95. The van der Waals surface area contributed by atoms with Gasteiger partial charge in [-0.25, -0.2) is 0 Å². The van der Waals surface area contributed by atoms with Gasteiger partial charge in [-0.3, -0.25) is 9.59 Å². The van der Waals surface area contributed by atoms with E-state index >= 15 is 0 Å². The smallest absolute Gasteiger partial charge is 0.254 e. The molecule has 0 saturated heterocycles. The molecule has 1 aliphatic carbocycles. The molecule has 1 saturated carbocycles. The Morgan fingerprint density at radius 1 is 1.00 bits per heavy atom. The summed E-state index contributed by atoms with van der Waals surface area (Å²) in [4.78, 5) is 31.2. The highest BCUT2D eigenvalue weighted by molar-refractivity contribution is 14.1. The van der Waals surface area contributed by atoms with Crippen LogP contribution in [0.25, 0.3) is 0 Å². The predicted octanol–water partition coefficient (Wildman–Crippen LogP) is 6.32. The summed E-state index contributed by atoms with van der Waals surface area (Å²) in [6, 6.07) is 23.3. The number of carbonyl (C=O) groups excluding carboxylic acids is 2. The van der Waals surface area contributed by atoms with Crippen molar-refractivity contribution in [3.05, 3.63) is 104 Å². The van der Waals surface area contributed by atoms with Crippen LogP contribution in [-0.2, 0) is 23.2 Å². The van der Waals surface area contributed by atoms with Gasteiger partial charge in [0.25, 0.3) is 5.91 Å². The number of amides is 2. The molecule has 2 amide bonds. The molecular formula is C33H37IN2O3. The Bertz CT molecular complexity index is 1330. The topological polar surface area (TPSA) is 69.6 Å². The molecule has 0 aromatic heterocycles. The molecule has 1 aliphatic heterocycles. The molecule has 0 unspecified atom stereocenters. The number of nitrogens with one attached hydrogen (secondary N) is 1. The number of hydrogen-bond acceptors (Lipinski definition) is 3. The lowest BCUT2D eigenvalue weighted by Crippen LogP contribution is -2.62. The molecular weight excluding hydrogens is 599 g/mol. The molecule has 204 valence electrons. The van der Waals surface area contributed by atoms with Gasteiger partial charge in [0.05, 0.1) is 12.6 Å². The van der Waals surface area contributed by atoms with Crippen molar-refractivity contribution in [3.8, 4) is 0 Å². The van der Waals surface area contributed by atoms with Gasteiger partial charge in [0.15, 0.2) is 0 Å². The minimum atomic E-state index is -1.05. The summed E-state index contributed by atoms with van der Waals surface area (Å²) in [5.74, 6) is -0.0568. The quantitative estimate of drug-likeness (QED) is 0.299. The van der Waals surface area contributed by atoms with Crippen LogP contribution in [0.2, 0.25) is 0 Å². The first-order valence-corrected chi connectivity index (χ1v) is 15.1. The first-order chi connectivity index (χ1) is 18.9. The van der Waals surface area contributed by atoms with Crippen molar-refractivity contribution < 1.29 is 14.7 Å². The Labute approximate surface area is 245 Å². The fraction of sp³-hybridized carbons (Fsp3) is 0.394. The number of carbonyl (C=O) groups is 2. The molecule has 0 bridgehead atoms. The molecule has 1 heterocycles. The Morgan fingerprint density at radius 3 is 2.33 bits per heavy atom. The van der Waals surface area contributed by atoms with Gasteiger partial charge in [-0.1, -0.05) is 79.9 Å². The molecule has 1 fully saturated rings. The number of aliphatic hydroxyl groups excluding tert-OH is 1. The van der Waals surface area contributed by atoms with Crippen molar-refractivity contribution >= 4 is 34.4 Å². The van der Waals surface area contributed by atoms with Crippen LogP contribution in [0.5, 0.6) is 0 Å². The zero-order valence-corrected chi connectivity index (χ0v) is 24.9. The summed E-state index contributed by atoms with van der Waals surface area (Å²) in [6.45, 7) is 3.92. The maximum absolute atomic E-state index is 14.8. The number of rotatable bonds is 7. The number of hydrogen-bond donors (Lipinski definition) is 2. The van der Waals surface area contributed by atoms with Crippen LogP contribution < -0.4 is 5.32 Å². The van der Waals surface area contributed by atoms with Crippen LogP contribution in [0.1, 0.15) is 84.6 Å². The molecule has 39 heavy (non-hydrogen) atoms. The zero-order chi connectivity index (χ0) is 27.6. The highest BCUT2D eigenvalue weighted by Gasteiger charge is 2.57. The van der Waals surface area contributed by atoms with Crippen LogP contribution in [0, 0.1) is 3.57 Å². The van der Waals surface area contributed by atoms with Gasteiger partial charge in [0.1, 0.15) is 5.41 Å². The lowest BCUT2D eigenvalue weighted by Gasteiger charge is -2.53. The monoisotopic (exact) mass is 636 g/mol. The minimum absolute atomic E-state index is 0.00413. The van der Waals surface area contributed by atoms with Gasteiger partial charge in [0, 0.05) is 21.2 Å². The van der Waals surface area contributed by atoms with Gasteiger partial charge in [0.2, 0.25) is 5.91 Å². The molecule has 0 radical (unpaired) electrons. The number of aliphatic hydroxyl groups is 1. The van der Waals surface area contributed by atoms with Crippen molar-refractivity contribution in [1.29, 1.82) is 0 Å². The molecule has 2 atom stereocenters. The molecule has 3 aromatic rings. The maximum atomic E-state index is 14.8. The summed E-state index contributed by atoms with van der Waals surface area (Å²) in [7, 11) is 0. The van der Waals surface area contributed by atoms with E-state index in [-0.39, 0.29) is 30.5 Å². The van der Waals surface area contributed by atoms with E-state index in [0.717, 1.165) is 51.5 Å². The third-order valence-corrected chi connectivity index (χ3v) is 9.37. The van der Waals surface area contributed by atoms with E-state index < -0.39 is 11.5 Å². The lowest BCUT2D eigenvalue weighted by atomic mass is 9.62. The first kappa shape index (κ1) is 27.8. The highest BCUT2D eigenvalue weighted by atomic mass is 127. The van der Waals surface area contributed by atoms with E-state index in [0.29, 0.717) is 12.0 Å². The molecule has 2 N–H and O–H groups in total. The average molecular weight is 637 g/mol. The van der Waals surface area contributed by atoms with Crippen molar-refractivity contribution in [2.24, 2.45) is 0 Å². The Kier molecular flexibility index (Phi) is 8.43. The minimum Gasteiger partial charge on any atom is -0.392 e. The SMILES string of the molecule is CC(C)NC(=O)[C@@]1(Cc2ccccc2I)c2ccccc2C(=O)N(C2CCCCC2)[C@H]1c1ccc(CO)cc1. The van der Waals surface area contributed by atoms with E-state index in [4.69, 9.17) is 0 Å². The summed E-state index contributed by atoms with van der Waals surface area (Å²) in [6.07, 6.45) is 5.66. The van der Waals surface area contributed by atoms with Crippen LogP contribution >= 0.6 is 22.6 Å². The standard InChI is InChI=1S/C33H37IN2O3/c1-22(2)35-32(39)33(20-25-10-6-9-15-29(25)34)28-14-8-7-13-27(28)31(38)36(26-11-4-3-5-12-26)30(33)24-18-16-23(21-37)17-19-24/h6-10,13-19,22,26,30,37H,3-5,11-12,20-21H2,1-2H3,(H,35,39)/t30-,33-/m0/s1. The number of nitrogens with zero attached hydrogens (tertiary/aromatic N) is 1. The summed E-state index contributed by atoms with van der Waals surface area (Å²) >= 11 is 2.36. The van der Waals surface area contributed by atoms with Crippen molar-refractivity contribution in [1.82, 2.24) is 10.2 Å². The van der Waals surface area contributed by atoms with Gasteiger partial charge < -0.3 is 15.3 Å². The maximum Gasteiger partial charge on any atom is 0.254 e.